The van der Waals surface area contributed by atoms with Crippen LogP contribution < -0.4 is 11.2 Å². The van der Waals surface area contributed by atoms with Crippen molar-refractivity contribution in [2.45, 2.75) is 25.5 Å². The van der Waals surface area contributed by atoms with Crippen LogP contribution in [0.1, 0.15) is 12.8 Å². The van der Waals surface area contributed by atoms with E-state index in [-0.39, 0.29) is 23.6 Å². The first-order valence-electron chi connectivity index (χ1n) is 6.20. The SMILES string of the molecule is O=c1[nH]c2cccc(F)c2c(=O)n1CC1CCCO1. The molecule has 5 nitrogen and oxygen atoms in total. The van der Waals surface area contributed by atoms with Gasteiger partial charge in [-0.15, -0.1) is 0 Å². The summed E-state index contributed by atoms with van der Waals surface area (Å²) < 4.78 is 20.1. The Labute approximate surface area is 107 Å². The maximum atomic E-state index is 13.7. The molecule has 0 amide bonds. The second kappa shape index (κ2) is 4.62. The van der Waals surface area contributed by atoms with Crippen molar-refractivity contribution in [3.63, 3.8) is 0 Å². The molecule has 1 aliphatic rings. The zero-order chi connectivity index (χ0) is 13.4. The molecule has 0 saturated carbocycles. The van der Waals surface area contributed by atoms with E-state index in [0.717, 1.165) is 17.4 Å². The summed E-state index contributed by atoms with van der Waals surface area (Å²) in [6, 6.07) is 4.17. The molecule has 0 spiro atoms. The highest BCUT2D eigenvalue weighted by atomic mass is 19.1. The predicted molar refractivity (Wildman–Crippen MR) is 67.8 cm³/mol. The van der Waals surface area contributed by atoms with Crippen LogP contribution in [0, 0.1) is 5.82 Å². The molecular formula is C13H13FN2O3. The number of fused-ring (bicyclic) bond motifs is 1. The van der Waals surface area contributed by atoms with Gasteiger partial charge in [0, 0.05) is 6.61 Å². The summed E-state index contributed by atoms with van der Waals surface area (Å²) in [5.74, 6) is -0.625. The monoisotopic (exact) mass is 264 g/mol. The quantitative estimate of drug-likeness (QED) is 0.880. The second-order valence-electron chi connectivity index (χ2n) is 4.64. The van der Waals surface area contributed by atoms with E-state index in [1.54, 1.807) is 0 Å². The summed E-state index contributed by atoms with van der Waals surface area (Å²) in [5, 5.41) is -0.0832. The van der Waals surface area contributed by atoms with E-state index in [0.29, 0.717) is 6.61 Å². The molecule has 0 aliphatic carbocycles. The number of nitrogens with zero attached hydrogens (tertiary/aromatic N) is 1. The molecule has 1 fully saturated rings. The lowest BCUT2D eigenvalue weighted by Crippen LogP contribution is -2.38. The maximum Gasteiger partial charge on any atom is 0.328 e. The Bertz CT molecular complexity index is 729. The van der Waals surface area contributed by atoms with Gasteiger partial charge in [0.1, 0.15) is 5.82 Å². The highest BCUT2D eigenvalue weighted by Crippen LogP contribution is 2.13. The first-order chi connectivity index (χ1) is 9.16. The van der Waals surface area contributed by atoms with Gasteiger partial charge in [-0.2, -0.15) is 0 Å². The summed E-state index contributed by atoms with van der Waals surface area (Å²) >= 11 is 0. The molecule has 2 heterocycles. The number of nitrogens with one attached hydrogen (secondary N) is 1. The molecule has 1 aliphatic heterocycles. The standard InChI is InChI=1S/C13H13FN2O3/c14-9-4-1-5-10-11(9)12(17)16(13(18)15-10)7-8-3-2-6-19-8/h1,4-5,8H,2-3,6-7H2,(H,15,18). The van der Waals surface area contributed by atoms with Gasteiger partial charge in [0.25, 0.3) is 5.56 Å². The van der Waals surface area contributed by atoms with Gasteiger partial charge in [-0.1, -0.05) is 6.07 Å². The number of rotatable bonds is 2. The number of ether oxygens (including phenoxy) is 1. The Kier molecular flexibility index (Phi) is 2.94. The van der Waals surface area contributed by atoms with Crippen LogP contribution in [-0.4, -0.2) is 22.3 Å². The minimum Gasteiger partial charge on any atom is -0.376 e. The Balaban J connectivity index is 2.16. The predicted octanol–water partition coefficient (Wildman–Crippen LogP) is 1.01. The fraction of sp³-hybridized carbons (Fsp3) is 0.385. The average Bonchev–Trinajstić information content (AvgIpc) is 2.87. The number of hydrogen-bond donors (Lipinski definition) is 1. The van der Waals surface area contributed by atoms with Crippen LogP contribution in [0.25, 0.3) is 10.9 Å². The van der Waals surface area contributed by atoms with Gasteiger partial charge in [0.15, 0.2) is 0 Å². The van der Waals surface area contributed by atoms with Crippen molar-refractivity contribution in [2.24, 2.45) is 0 Å². The highest BCUT2D eigenvalue weighted by Gasteiger charge is 2.19. The van der Waals surface area contributed by atoms with Crippen LogP contribution >= 0.6 is 0 Å². The highest BCUT2D eigenvalue weighted by molar-refractivity contribution is 5.77. The number of H-pyrrole nitrogens is 1. The van der Waals surface area contributed by atoms with E-state index in [1.165, 1.54) is 18.2 Å². The lowest BCUT2D eigenvalue weighted by atomic mass is 10.2. The summed E-state index contributed by atoms with van der Waals surface area (Å²) in [6.07, 6.45) is 1.57. The third-order valence-electron chi connectivity index (χ3n) is 3.37. The number of aromatic nitrogens is 2. The van der Waals surface area contributed by atoms with E-state index < -0.39 is 17.1 Å². The van der Waals surface area contributed by atoms with Crippen LogP contribution in [0.2, 0.25) is 0 Å². The van der Waals surface area contributed by atoms with E-state index in [2.05, 4.69) is 4.98 Å². The average molecular weight is 264 g/mol. The van der Waals surface area contributed by atoms with E-state index in [4.69, 9.17) is 4.74 Å². The van der Waals surface area contributed by atoms with Gasteiger partial charge in [-0.3, -0.25) is 9.36 Å². The van der Waals surface area contributed by atoms with Crippen LogP contribution in [0.3, 0.4) is 0 Å². The number of aromatic amines is 1. The lowest BCUT2D eigenvalue weighted by Gasteiger charge is -2.11. The van der Waals surface area contributed by atoms with E-state index in [1.807, 2.05) is 0 Å². The molecule has 1 saturated heterocycles. The lowest BCUT2D eigenvalue weighted by molar-refractivity contribution is 0.0952. The van der Waals surface area contributed by atoms with Crippen molar-refractivity contribution in [1.29, 1.82) is 0 Å². The zero-order valence-electron chi connectivity index (χ0n) is 10.2. The molecule has 1 atom stereocenters. The van der Waals surface area contributed by atoms with Gasteiger partial charge in [-0.25, -0.2) is 9.18 Å². The summed E-state index contributed by atoms with van der Waals surface area (Å²) in [4.78, 5) is 26.6. The smallest absolute Gasteiger partial charge is 0.328 e. The Morgan fingerprint density at radius 2 is 2.26 bits per heavy atom. The molecule has 1 N–H and O–H groups in total. The molecule has 0 radical (unpaired) electrons. The van der Waals surface area contributed by atoms with Crippen molar-refractivity contribution in [3.8, 4) is 0 Å². The molecule has 6 heteroatoms. The van der Waals surface area contributed by atoms with E-state index >= 15 is 0 Å². The summed E-state index contributed by atoms with van der Waals surface area (Å²) in [6.45, 7) is 0.803. The minimum atomic E-state index is -0.625. The zero-order valence-corrected chi connectivity index (χ0v) is 10.2. The molecular weight excluding hydrogens is 251 g/mol. The third kappa shape index (κ3) is 2.08. The van der Waals surface area contributed by atoms with Gasteiger partial charge < -0.3 is 9.72 Å². The number of hydrogen-bond acceptors (Lipinski definition) is 3. The van der Waals surface area contributed by atoms with Crippen LogP contribution in [0.4, 0.5) is 4.39 Å². The molecule has 19 heavy (non-hydrogen) atoms. The Morgan fingerprint density at radius 1 is 1.42 bits per heavy atom. The van der Waals surface area contributed by atoms with Crippen molar-refractivity contribution in [2.75, 3.05) is 6.61 Å². The Hall–Kier alpha value is -1.95. The van der Waals surface area contributed by atoms with Gasteiger partial charge in [0.05, 0.1) is 23.6 Å². The van der Waals surface area contributed by atoms with Crippen molar-refractivity contribution in [3.05, 3.63) is 44.9 Å². The summed E-state index contributed by atoms with van der Waals surface area (Å²) in [7, 11) is 0. The molecule has 1 aromatic carbocycles. The first-order valence-corrected chi connectivity index (χ1v) is 6.20. The van der Waals surface area contributed by atoms with Crippen molar-refractivity contribution >= 4 is 10.9 Å². The van der Waals surface area contributed by atoms with Gasteiger partial charge in [0.2, 0.25) is 0 Å². The van der Waals surface area contributed by atoms with Gasteiger partial charge in [-0.05, 0) is 25.0 Å². The summed E-state index contributed by atoms with van der Waals surface area (Å²) in [5.41, 5.74) is -0.912. The molecule has 3 rings (SSSR count). The largest absolute Gasteiger partial charge is 0.376 e. The molecule has 100 valence electrons. The van der Waals surface area contributed by atoms with Crippen LogP contribution in [0.15, 0.2) is 27.8 Å². The molecule has 1 aromatic heterocycles. The fourth-order valence-electron chi connectivity index (χ4n) is 2.41. The number of benzene rings is 1. The van der Waals surface area contributed by atoms with Gasteiger partial charge >= 0.3 is 5.69 Å². The molecule has 2 aromatic rings. The maximum absolute atomic E-state index is 13.7. The molecule has 1 unspecified atom stereocenters. The first kappa shape index (κ1) is 12.1. The fourth-order valence-corrected chi connectivity index (χ4v) is 2.41. The van der Waals surface area contributed by atoms with Crippen molar-refractivity contribution in [1.82, 2.24) is 9.55 Å². The second-order valence-corrected chi connectivity index (χ2v) is 4.64. The molecule has 0 bridgehead atoms. The topological polar surface area (TPSA) is 64.1 Å². The van der Waals surface area contributed by atoms with Crippen LogP contribution in [-0.2, 0) is 11.3 Å². The van der Waals surface area contributed by atoms with E-state index in [9.17, 15) is 14.0 Å². The van der Waals surface area contributed by atoms with Crippen LogP contribution in [0.5, 0.6) is 0 Å². The van der Waals surface area contributed by atoms with Crippen molar-refractivity contribution < 1.29 is 9.13 Å². The number of halogens is 1. The Morgan fingerprint density at radius 3 is 3.00 bits per heavy atom. The third-order valence-corrected chi connectivity index (χ3v) is 3.37. The minimum absolute atomic E-state index is 0.0832. The normalized spacial score (nSPS) is 19.1.